The minimum Gasteiger partial charge on any atom is -0.290 e. The maximum Gasteiger partial charge on any atom is 0.149 e. The van der Waals surface area contributed by atoms with Gasteiger partial charge in [-0.25, -0.2) is 0 Å². The second-order valence-corrected chi connectivity index (χ2v) is 7.79. The van der Waals surface area contributed by atoms with Gasteiger partial charge >= 0.3 is 0 Å². The summed E-state index contributed by atoms with van der Waals surface area (Å²) in [6, 6.07) is 0. The topological polar surface area (TPSA) is 0 Å². The lowest BCUT2D eigenvalue weighted by molar-refractivity contribution is 0.248. The first-order chi connectivity index (χ1) is 11.9. The Balaban J connectivity index is 5.71. The normalized spacial score (nSPS) is 19.2. The maximum atomic E-state index is 15.3. The first kappa shape index (κ1) is 24.8. The van der Waals surface area contributed by atoms with E-state index in [4.69, 9.17) is 0 Å². The molecule has 0 aliphatic carbocycles. The highest BCUT2D eigenvalue weighted by molar-refractivity contribution is 6.84. The molecule has 0 saturated heterocycles. The molecule has 0 aromatic carbocycles. The Morgan fingerprint density at radius 2 is 0.680 bits per heavy atom. The predicted molar refractivity (Wildman–Crippen MR) is 103 cm³/mol. The van der Waals surface area contributed by atoms with Gasteiger partial charge in [-0.3, -0.25) is 17.6 Å². The van der Waals surface area contributed by atoms with Crippen LogP contribution in [0.5, 0.6) is 0 Å². The minimum absolute atomic E-state index is 0.0716. The van der Waals surface area contributed by atoms with E-state index < -0.39 is 30.4 Å². The van der Waals surface area contributed by atoms with Gasteiger partial charge in [0.05, 0.1) is 0 Å². The SMILES string of the molecule is CCCCC(F)[B-](C(F)CCCC)(C(F)CCCC)C(F)CCCC. The second-order valence-electron chi connectivity index (χ2n) is 7.79. The van der Waals surface area contributed by atoms with E-state index in [1.165, 1.54) is 0 Å². The van der Waals surface area contributed by atoms with Crippen molar-refractivity contribution in [1.29, 1.82) is 0 Å². The largest absolute Gasteiger partial charge is 0.290 e. The standard InChI is InChI=1S/C20H40BF4/c1-5-9-13-17(22)21(18(23)14-10-6-2,19(24)15-11-7-3)20(25)16-12-8-4/h17-20H,5-16H2,1-4H3/q-1. The molecule has 152 valence electrons. The van der Waals surface area contributed by atoms with Crippen molar-refractivity contribution >= 4 is 6.15 Å². The molecule has 0 radical (unpaired) electrons. The number of hydrogen-bond donors (Lipinski definition) is 0. The number of halogens is 4. The average molecular weight is 367 g/mol. The number of rotatable bonds is 16. The number of unbranched alkanes of at least 4 members (excludes halogenated alkanes) is 4. The molecule has 0 fully saturated rings. The molecular weight excluding hydrogens is 327 g/mol. The lowest BCUT2D eigenvalue weighted by atomic mass is 9.13. The van der Waals surface area contributed by atoms with Crippen molar-refractivity contribution in [2.75, 3.05) is 0 Å². The molecule has 0 nitrogen and oxygen atoms in total. The Kier molecular flexibility index (Phi) is 13.8. The van der Waals surface area contributed by atoms with Crippen LogP contribution in [-0.2, 0) is 0 Å². The van der Waals surface area contributed by atoms with Gasteiger partial charge in [-0.2, -0.15) is 0 Å². The maximum absolute atomic E-state index is 15.3. The summed E-state index contributed by atoms with van der Waals surface area (Å²) < 4.78 is 61.0. The lowest BCUT2D eigenvalue weighted by Gasteiger charge is -2.50. The van der Waals surface area contributed by atoms with Gasteiger partial charge in [0.15, 0.2) is 0 Å². The van der Waals surface area contributed by atoms with Gasteiger partial charge in [-0.1, -0.05) is 105 Å². The highest BCUT2D eigenvalue weighted by atomic mass is 19.2. The third-order valence-electron chi connectivity index (χ3n) is 5.84. The Hall–Kier alpha value is -0.215. The van der Waals surface area contributed by atoms with Gasteiger partial charge < -0.3 is 0 Å². The summed E-state index contributed by atoms with van der Waals surface area (Å²) in [6.07, 6.45) is -4.33. The van der Waals surface area contributed by atoms with Crippen molar-refractivity contribution in [3.8, 4) is 0 Å². The molecule has 0 rings (SSSR count). The third kappa shape index (κ3) is 7.13. The summed E-state index contributed by atoms with van der Waals surface area (Å²) in [5.74, 6) is 0. The van der Waals surface area contributed by atoms with Crippen LogP contribution in [0.1, 0.15) is 105 Å². The van der Waals surface area contributed by atoms with Crippen LogP contribution >= 0.6 is 0 Å². The lowest BCUT2D eigenvalue weighted by Crippen LogP contribution is -2.68. The van der Waals surface area contributed by atoms with E-state index in [0.717, 1.165) is 25.7 Å². The molecule has 4 atom stereocenters. The van der Waals surface area contributed by atoms with Crippen LogP contribution in [-0.4, -0.2) is 30.4 Å². The van der Waals surface area contributed by atoms with Crippen molar-refractivity contribution < 1.29 is 17.6 Å². The molecule has 0 bridgehead atoms. The number of hydrogen-bond acceptors (Lipinski definition) is 0. The third-order valence-corrected chi connectivity index (χ3v) is 5.84. The van der Waals surface area contributed by atoms with Crippen LogP contribution in [0.4, 0.5) is 17.6 Å². The fraction of sp³-hybridized carbons (Fsp3) is 1.00. The molecule has 0 spiro atoms. The van der Waals surface area contributed by atoms with E-state index in [1.807, 2.05) is 27.7 Å². The smallest absolute Gasteiger partial charge is 0.149 e. The molecule has 25 heavy (non-hydrogen) atoms. The van der Waals surface area contributed by atoms with Gasteiger partial charge in [0, 0.05) is 0 Å². The van der Waals surface area contributed by atoms with E-state index >= 15 is 17.6 Å². The zero-order valence-electron chi connectivity index (χ0n) is 16.9. The first-order valence-corrected chi connectivity index (χ1v) is 10.7. The highest BCUT2D eigenvalue weighted by Gasteiger charge is 2.52. The zero-order valence-corrected chi connectivity index (χ0v) is 16.9. The Morgan fingerprint density at radius 3 is 0.840 bits per heavy atom. The fourth-order valence-electron chi connectivity index (χ4n) is 4.11. The van der Waals surface area contributed by atoms with Crippen molar-refractivity contribution in [3.05, 3.63) is 0 Å². The first-order valence-electron chi connectivity index (χ1n) is 10.7. The van der Waals surface area contributed by atoms with Crippen LogP contribution in [0.3, 0.4) is 0 Å². The summed E-state index contributed by atoms with van der Waals surface area (Å²) in [5, 5.41) is 0. The van der Waals surface area contributed by atoms with E-state index in [2.05, 4.69) is 0 Å². The van der Waals surface area contributed by atoms with Gasteiger partial charge in [-0.15, -0.1) is 0 Å². The summed E-state index contributed by atoms with van der Waals surface area (Å²) in [5.41, 5.74) is 0. The van der Waals surface area contributed by atoms with Crippen LogP contribution < -0.4 is 0 Å². The van der Waals surface area contributed by atoms with Crippen molar-refractivity contribution in [3.63, 3.8) is 0 Å². The minimum atomic E-state index is -2.98. The summed E-state index contributed by atoms with van der Waals surface area (Å²) in [6.45, 7) is 7.66. The molecule has 0 heterocycles. The molecular formula is C20H40BF4-. The van der Waals surface area contributed by atoms with Gasteiger partial charge in [0.2, 0.25) is 0 Å². The van der Waals surface area contributed by atoms with Gasteiger partial charge in [0.25, 0.3) is 0 Å². The Morgan fingerprint density at radius 1 is 0.480 bits per heavy atom. The van der Waals surface area contributed by atoms with Crippen LogP contribution in [0.15, 0.2) is 0 Å². The Labute approximate surface area is 153 Å². The van der Waals surface area contributed by atoms with E-state index in [9.17, 15) is 0 Å². The van der Waals surface area contributed by atoms with Crippen molar-refractivity contribution in [1.82, 2.24) is 0 Å². The van der Waals surface area contributed by atoms with Crippen molar-refractivity contribution in [2.24, 2.45) is 0 Å². The molecule has 0 aliphatic heterocycles. The molecule has 5 heteroatoms. The molecule has 0 N–H and O–H groups in total. The Bertz CT molecular complexity index is 253. The zero-order chi connectivity index (χ0) is 19.3. The van der Waals surface area contributed by atoms with Crippen LogP contribution in [0.2, 0.25) is 0 Å². The molecule has 0 amide bonds. The van der Waals surface area contributed by atoms with Gasteiger partial charge in [-0.05, 0) is 24.3 Å². The summed E-state index contributed by atoms with van der Waals surface area (Å²) in [4.78, 5) is 0. The molecule has 0 aliphatic rings. The van der Waals surface area contributed by atoms with Crippen LogP contribution in [0.25, 0.3) is 0 Å². The number of alkyl halides is 4. The summed E-state index contributed by atoms with van der Waals surface area (Å²) in [7, 11) is 0. The quantitative estimate of drug-likeness (QED) is 0.194. The molecule has 0 aromatic heterocycles. The summed E-state index contributed by atoms with van der Waals surface area (Å²) >= 11 is 0. The highest BCUT2D eigenvalue weighted by Crippen LogP contribution is 2.39. The fourth-order valence-corrected chi connectivity index (χ4v) is 4.11. The van der Waals surface area contributed by atoms with E-state index in [1.54, 1.807) is 0 Å². The second kappa shape index (κ2) is 13.9. The van der Waals surface area contributed by atoms with E-state index in [-0.39, 0.29) is 25.7 Å². The van der Waals surface area contributed by atoms with Crippen molar-refractivity contribution in [2.45, 2.75) is 129 Å². The average Bonchev–Trinajstić information content (AvgIpc) is 2.61. The monoisotopic (exact) mass is 367 g/mol. The molecule has 0 saturated carbocycles. The molecule has 0 aromatic rings. The molecule has 4 unspecified atom stereocenters. The predicted octanol–water partition coefficient (Wildman–Crippen LogP) is 7.71. The van der Waals surface area contributed by atoms with Gasteiger partial charge in [0.1, 0.15) is 6.15 Å². The van der Waals surface area contributed by atoms with Crippen LogP contribution in [0, 0.1) is 0 Å². The van der Waals surface area contributed by atoms with E-state index in [0.29, 0.717) is 25.7 Å².